The van der Waals surface area contributed by atoms with E-state index in [-0.39, 0.29) is 5.91 Å². The molecule has 1 N–H and O–H groups in total. The topological polar surface area (TPSA) is 73.7 Å². The molecule has 2 aliphatic heterocycles. The molecule has 6 nitrogen and oxygen atoms in total. The van der Waals surface area contributed by atoms with E-state index in [1.807, 2.05) is 17.3 Å². The van der Waals surface area contributed by atoms with Crippen molar-refractivity contribution < 1.29 is 14.7 Å². The molecule has 0 aromatic carbocycles. The SMILES string of the molecule is C[C@@H](CCC(=O)N1CCC2(CC1)CCN(c1ccncc1)CC2)C(=O)O. The quantitative estimate of drug-likeness (QED) is 0.875. The zero-order valence-corrected chi connectivity index (χ0v) is 15.6. The van der Waals surface area contributed by atoms with Gasteiger partial charge in [-0.1, -0.05) is 6.92 Å². The van der Waals surface area contributed by atoms with Crippen LogP contribution in [-0.2, 0) is 9.59 Å². The maximum atomic E-state index is 12.4. The van der Waals surface area contributed by atoms with Gasteiger partial charge >= 0.3 is 5.97 Å². The minimum absolute atomic E-state index is 0.113. The average Bonchev–Trinajstić information content (AvgIpc) is 2.67. The van der Waals surface area contributed by atoms with Crippen molar-refractivity contribution in [1.29, 1.82) is 0 Å². The fourth-order valence-corrected chi connectivity index (χ4v) is 4.15. The lowest BCUT2D eigenvalue weighted by Crippen LogP contribution is -2.48. The molecule has 0 radical (unpaired) electrons. The Hall–Kier alpha value is -2.11. The lowest BCUT2D eigenvalue weighted by molar-refractivity contribution is -0.141. The molecular formula is C20H29N3O3. The predicted octanol–water partition coefficient (Wildman–Crippen LogP) is 2.79. The van der Waals surface area contributed by atoms with Gasteiger partial charge in [-0.15, -0.1) is 0 Å². The number of hydrogen-bond donors (Lipinski definition) is 1. The molecule has 1 amide bonds. The van der Waals surface area contributed by atoms with Gasteiger partial charge in [0, 0.05) is 50.7 Å². The minimum Gasteiger partial charge on any atom is -0.481 e. The summed E-state index contributed by atoms with van der Waals surface area (Å²) in [5, 5.41) is 8.94. The van der Waals surface area contributed by atoms with Gasteiger partial charge in [-0.25, -0.2) is 0 Å². The zero-order chi connectivity index (χ0) is 18.6. The summed E-state index contributed by atoms with van der Waals surface area (Å²) in [5.74, 6) is -1.16. The molecule has 1 aromatic heterocycles. The normalized spacial score (nSPS) is 20.8. The maximum Gasteiger partial charge on any atom is 0.306 e. The van der Waals surface area contributed by atoms with Crippen molar-refractivity contribution in [1.82, 2.24) is 9.88 Å². The Morgan fingerprint density at radius 2 is 1.69 bits per heavy atom. The number of aliphatic carboxylic acids is 1. The first kappa shape index (κ1) is 18.7. The molecule has 2 saturated heterocycles. The number of pyridine rings is 1. The van der Waals surface area contributed by atoms with Crippen LogP contribution in [0.25, 0.3) is 0 Å². The van der Waals surface area contributed by atoms with Crippen molar-refractivity contribution in [3.8, 4) is 0 Å². The Morgan fingerprint density at radius 1 is 1.12 bits per heavy atom. The molecule has 2 aliphatic rings. The first-order chi connectivity index (χ1) is 12.5. The maximum absolute atomic E-state index is 12.4. The summed E-state index contributed by atoms with van der Waals surface area (Å²) in [6, 6.07) is 4.13. The van der Waals surface area contributed by atoms with Crippen molar-refractivity contribution >= 4 is 17.6 Å². The van der Waals surface area contributed by atoms with Crippen LogP contribution in [0.5, 0.6) is 0 Å². The molecule has 0 aliphatic carbocycles. The molecule has 26 heavy (non-hydrogen) atoms. The molecule has 0 saturated carbocycles. The molecule has 6 heteroatoms. The molecule has 3 heterocycles. The third-order valence-electron chi connectivity index (χ3n) is 6.24. The molecule has 1 atom stereocenters. The molecule has 142 valence electrons. The molecular weight excluding hydrogens is 330 g/mol. The van der Waals surface area contributed by atoms with Crippen LogP contribution in [0.2, 0.25) is 0 Å². The van der Waals surface area contributed by atoms with E-state index >= 15 is 0 Å². The second-order valence-electron chi connectivity index (χ2n) is 7.85. The number of rotatable bonds is 5. The van der Waals surface area contributed by atoms with Gasteiger partial charge in [-0.3, -0.25) is 14.6 Å². The Bertz CT molecular complexity index is 616. The molecule has 1 aromatic rings. The third kappa shape index (κ3) is 4.34. The van der Waals surface area contributed by atoms with Crippen molar-refractivity contribution in [2.45, 2.75) is 45.4 Å². The number of likely N-dealkylation sites (tertiary alicyclic amines) is 1. The number of carboxylic acid groups (broad SMARTS) is 1. The molecule has 0 bridgehead atoms. The van der Waals surface area contributed by atoms with E-state index in [9.17, 15) is 9.59 Å². The Morgan fingerprint density at radius 3 is 2.27 bits per heavy atom. The van der Waals surface area contributed by atoms with Crippen molar-refractivity contribution in [3.05, 3.63) is 24.5 Å². The lowest BCUT2D eigenvalue weighted by Gasteiger charge is -2.47. The number of nitrogens with zero attached hydrogens (tertiary/aromatic N) is 3. The summed E-state index contributed by atoms with van der Waals surface area (Å²) in [7, 11) is 0. The van der Waals surface area contributed by atoms with Gasteiger partial charge < -0.3 is 14.9 Å². The Kier molecular flexibility index (Phi) is 5.79. The van der Waals surface area contributed by atoms with Gasteiger partial charge in [0.1, 0.15) is 0 Å². The summed E-state index contributed by atoms with van der Waals surface area (Å²) < 4.78 is 0. The molecule has 3 rings (SSSR count). The summed E-state index contributed by atoms with van der Waals surface area (Å²) in [6.07, 6.45) is 8.94. The molecule has 2 fully saturated rings. The van der Waals surface area contributed by atoms with E-state index in [1.165, 1.54) is 18.5 Å². The van der Waals surface area contributed by atoms with Crippen LogP contribution < -0.4 is 4.90 Å². The van der Waals surface area contributed by atoms with Crippen molar-refractivity contribution in [2.75, 3.05) is 31.1 Å². The number of carbonyl (C=O) groups is 2. The highest BCUT2D eigenvalue weighted by molar-refractivity contribution is 5.77. The third-order valence-corrected chi connectivity index (χ3v) is 6.24. The van der Waals surface area contributed by atoms with Crippen LogP contribution in [0.3, 0.4) is 0 Å². The smallest absolute Gasteiger partial charge is 0.306 e. The van der Waals surface area contributed by atoms with Gasteiger partial charge in [0.25, 0.3) is 0 Å². The van der Waals surface area contributed by atoms with Crippen LogP contribution in [0.15, 0.2) is 24.5 Å². The summed E-state index contributed by atoms with van der Waals surface area (Å²) in [5.41, 5.74) is 1.62. The lowest BCUT2D eigenvalue weighted by atomic mass is 9.71. The van der Waals surface area contributed by atoms with E-state index in [1.54, 1.807) is 6.92 Å². The number of aromatic nitrogens is 1. The van der Waals surface area contributed by atoms with Gasteiger partial charge in [-0.2, -0.15) is 0 Å². The van der Waals surface area contributed by atoms with Crippen molar-refractivity contribution in [3.63, 3.8) is 0 Å². The van der Waals surface area contributed by atoms with Gasteiger partial charge in [-0.05, 0) is 49.7 Å². The second-order valence-corrected chi connectivity index (χ2v) is 7.85. The number of amides is 1. The molecule has 0 unspecified atom stereocenters. The second kappa shape index (κ2) is 8.06. The highest BCUT2D eigenvalue weighted by Crippen LogP contribution is 2.42. The number of piperidine rings is 2. The van der Waals surface area contributed by atoms with E-state index in [0.717, 1.165) is 39.0 Å². The Balaban J connectivity index is 1.45. The van der Waals surface area contributed by atoms with Crippen LogP contribution in [0.4, 0.5) is 5.69 Å². The summed E-state index contributed by atoms with van der Waals surface area (Å²) in [6.45, 7) is 5.42. The standard InChI is InChI=1S/C20H29N3O3/c1-16(19(25)26)2-3-18(24)23-14-8-20(9-15-23)6-12-22(13-7-20)17-4-10-21-11-5-17/h4-5,10-11,16H,2-3,6-9,12-15H2,1H3,(H,25,26)/t16-/m0/s1. The van der Waals surface area contributed by atoms with Crippen LogP contribution in [0, 0.1) is 11.3 Å². The number of anilines is 1. The predicted molar refractivity (Wildman–Crippen MR) is 100.0 cm³/mol. The monoisotopic (exact) mass is 359 g/mol. The van der Waals surface area contributed by atoms with E-state index < -0.39 is 11.9 Å². The Labute approximate surface area is 155 Å². The molecule has 1 spiro atoms. The average molecular weight is 359 g/mol. The van der Waals surface area contributed by atoms with Gasteiger partial charge in [0.2, 0.25) is 5.91 Å². The summed E-state index contributed by atoms with van der Waals surface area (Å²) in [4.78, 5) is 31.7. The number of hydrogen-bond acceptors (Lipinski definition) is 4. The zero-order valence-electron chi connectivity index (χ0n) is 15.6. The minimum atomic E-state index is -0.823. The van der Waals surface area contributed by atoms with Crippen molar-refractivity contribution in [2.24, 2.45) is 11.3 Å². The van der Waals surface area contributed by atoms with Crippen LogP contribution in [-0.4, -0.2) is 53.0 Å². The van der Waals surface area contributed by atoms with Gasteiger partial charge in [0.15, 0.2) is 0 Å². The van der Waals surface area contributed by atoms with Crippen LogP contribution in [0.1, 0.15) is 45.4 Å². The summed E-state index contributed by atoms with van der Waals surface area (Å²) >= 11 is 0. The largest absolute Gasteiger partial charge is 0.481 e. The number of carboxylic acids is 1. The first-order valence-corrected chi connectivity index (χ1v) is 9.65. The highest BCUT2D eigenvalue weighted by Gasteiger charge is 2.38. The number of carbonyl (C=O) groups excluding carboxylic acids is 1. The van der Waals surface area contributed by atoms with E-state index in [2.05, 4.69) is 22.0 Å². The van der Waals surface area contributed by atoms with Crippen LogP contribution >= 0.6 is 0 Å². The van der Waals surface area contributed by atoms with E-state index in [4.69, 9.17) is 5.11 Å². The fourth-order valence-electron chi connectivity index (χ4n) is 4.15. The fraction of sp³-hybridized carbons (Fsp3) is 0.650. The highest BCUT2D eigenvalue weighted by atomic mass is 16.4. The van der Waals surface area contributed by atoms with E-state index in [0.29, 0.717) is 18.3 Å². The first-order valence-electron chi connectivity index (χ1n) is 9.65. The van der Waals surface area contributed by atoms with Gasteiger partial charge in [0.05, 0.1) is 5.92 Å².